The molecule has 1 saturated heterocycles. The van der Waals surface area contributed by atoms with Crippen LogP contribution in [0.1, 0.15) is 35.2 Å². The minimum Gasteiger partial charge on any atom is -0.493 e. The van der Waals surface area contributed by atoms with Gasteiger partial charge in [-0.15, -0.1) is 0 Å². The molecule has 5 rings (SSSR count). The first-order chi connectivity index (χ1) is 21.4. The van der Waals surface area contributed by atoms with Crippen LogP contribution in [0.4, 0.5) is 0 Å². The van der Waals surface area contributed by atoms with Crippen molar-refractivity contribution in [2.24, 2.45) is 5.92 Å². The van der Waals surface area contributed by atoms with Crippen molar-refractivity contribution >= 4 is 35.0 Å². The van der Waals surface area contributed by atoms with E-state index in [0.717, 1.165) is 24.9 Å². The van der Waals surface area contributed by atoms with Crippen molar-refractivity contribution in [1.82, 2.24) is 15.5 Å². The molecule has 0 spiro atoms. The fourth-order valence-corrected chi connectivity index (χ4v) is 5.84. The van der Waals surface area contributed by atoms with Crippen LogP contribution in [0.2, 0.25) is 10.0 Å². The molecular formula is C33H37Cl2N3O6. The Labute approximate surface area is 267 Å². The number of nitrogens with one attached hydrogen (secondary N) is 2. The minimum atomic E-state index is -0.373. The molecule has 3 aromatic rings. The number of nitrogens with zero attached hydrogens (tertiary/aromatic N) is 1. The predicted molar refractivity (Wildman–Crippen MR) is 169 cm³/mol. The van der Waals surface area contributed by atoms with E-state index in [0.29, 0.717) is 58.1 Å². The number of hydrogen-bond donors (Lipinski definition) is 2. The molecule has 2 atom stereocenters. The number of hydrogen-bond acceptors (Lipinski definition) is 7. The first kappa shape index (κ1) is 31.8. The molecule has 1 saturated carbocycles. The maximum atomic E-state index is 13.9. The van der Waals surface area contributed by atoms with Crippen LogP contribution in [-0.4, -0.2) is 69.3 Å². The van der Waals surface area contributed by atoms with Gasteiger partial charge in [-0.25, -0.2) is 0 Å². The third-order valence-corrected chi connectivity index (χ3v) is 8.42. The molecule has 2 aliphatic rings. The summed E-state index contributed by atoms with van der Waals surface area (Å²) in [5.41, 5.74) is 1.46. The summed E-state index contributed by atoms with van der Waals surface area (Å²) in [6.45, 7) is 2.22. The van der Waals surface area contributed by atoms with Crippen LogP contribution in [0.3, 0.4) is 0 Å². The lowest BCUT2D eigenvalue weighted by Gasteiger charge is -2.36. The van der Waals surface area contributed by atoms with Gasteiger partial charge in [-0.3, -0.25) is 9.59 Å². The maximum Gasteiger partial charge on any atom is 0.251 e. The van der Waals surface area contributed by atoms with Crippen LogP contribution < -0.4 is 29.6 Å². The molecule has 2 amide bonds. The van der Waals surface area contributed by atoms with Gasteiger partial charge in [0.05, 0.1) is 30.2 Å². The van der Waals surface area contributed by atoms with Gasteiger partial charge in [-0.2, -0.15) is 0 Å². The van der Waals surface area contributed by atoms with Crippen molar-refractivity contribution in [1.29, 1.82) is 0 Å². The van der Waals surface area contributed by atoms with Gasteiger partial charge < -0.3 is 34.5 Å². The number of benzene rings is 3. The first-order valence-corrected chi connectivity index (χ1v) is 15.5. The van der Waals surface area contributed by atoms with E-state index in [9.17, 15) is 9.59 Å². The average molecular weight is 643 g/mol. The number of carbonyl (C=O) groups excluding carboxylic acids is 2. The number of para-hydroxylation sites is 1. The largest absolute Gasteiger partial charge is 0.493 e. The summed E-state index contributed by atoms with van der Waals surface area (Å²) in [5.74, 6) is 1.74. The van der Waals surface area contributed by atoms with Crippen molar-refractivity contribution in [2.45, 2.75) is 37.9 Å². The molecule has 0 radical (unpaired) electrons. The Morgan fingerprint density at radius 1 is 0.909 bits per heavy atom. The van der Waals surface area contributed by atoms with E-state index in [-0.39, 0.29) is 43.0 Å². The van der Waals surface area contributed by atoms with Crippen LogP contribution in [0.5, 0.6) is 23.0 Å². The Kier molecular flexibility index (Phi) is 10.7. The smallest absolute Gasteiger partial charge is 0.251 e. The Balaban J connectivity index is 1.17. The highest BCUT2D eigenvalue weighted by molar-refractivity contribution is 6.37. The minimum absolute atomic E-state index is 0.0452. The molecule has 9 nitrogen and oxygen atoms in total. The number of carbonyl (C=O) groups is 2. The van der Waals surface area contributed by atoms with Crippen molar-refractivity contribution in [3.05, 3.63) is 81.8 Å². The molecule has 2 fully saturated rings. The molecule has 2 unspecified atom stereocenters. The Bertz CT molecular complexity index is 1430. The lowest BCUT2D eigenvalue weighted by molar-refractivity contribution is -0.138. The second-order valence-corrected chi connectivity index (χ2v) is 11.7. The molecule has 11 heteroatoms. The lowest BCUT2D eigenvalue weighted by atomic mass is 9.91. The van der Waals surface area contributed by atoms with E-state index in [1.807, 2.05) is 23.1 Å². The Morgan fingerprint density at radius 2 is 1.61 bits per heavy atom. The monoisotopic (exact) mass is 641 g/mol. The van der Waals surface area contributed by atoms with E-state index < -0.39 is 0 Å². The molecule has 0 aromatic heterocycles. The quantitative estimate of drug-likeness (QED) is 0.242. The van der Waals surface area contributed by atoms with Gasteiger partial charge in [-0.1, -0.05) is 35.3 Å². The molecule has 1 aliphatic heterocycles. The zero-order chi connectivity index (χ0) is 31.1. The van der Waals surface area contributed by atoms with Gasteiger partial charge in [0.25, 0.3) is 5.91 Å². The van der Waals surface area contributed by atoms with E-state index >= 15 is 0 Å². The van der Waals surface area contributed by atoms with Crippen molar-refractivity contribution in [3.8, 4) is 23.0 Å². The van der Waals surface area contributed by atoms with Crippen LogP contribution in [0.25, 0.3) is 0 Å². The van der Waals surface area contributed by atoms with E-state index in [1.165, 1.54) is 0 Å². The summed E-state index contributed by atoms with van der Waals surface area (Å²) >= 11 is 12.3. The van der Waals surface area contributed by atoms with Crippen LogP contribution in [0.15, 0.2) is 60.7 Å². The molecule has 1 heterocycles. The predicted octanol–water partition coefficient (Wildman–Crippen LogP) is 5.37. The number of methoxy groups -OCH3 is 2. The van der Waals surface area contributed by atoms with Crippen molar-refractivity contribution in [3.63, 3.8) is 0 Å². The topological polar surface area (TPSA) is 98.4 Å². The van der Waals surface area contributed by atoms with Gasteiger partial charge >= 0.3 is 0 Å². The SMILES string of the molecule is COc1ccc(CN(C(=O)C2CNCCC2NC(=O)c2ccc(OCCOc3c(Cl)cccc3Cl)cc2)C2CC2)cc1OC. The summed E-state index contributed by atoms with van der Waals surface area (Å²) in [4.78, 5) is 29.1. The average Bonchev–Trinajstić information content (AvgIpc) is 3.89. The van der Waals surface area contributed by atoms with Gasteiger partial charge in [0, 0.05) is 30.7 Å². The molecule has 234 valence electrons. The molecule has 44 heavy (non-hydrogen) atoms. The van der Waals surface area contributed by atoms with Crippen LogP contribution >= 0.6 is 23.2 Å². The summed E-state index contributed by atoms with van der Waals surface area (Å²) < 4.78 is 22.2. The van der Waals surface area contributed by atoms with Gasteiger partial charge in [0.1, 0.15) is 19.0 Å². The highest BCUT2D eigenvalue weighted by atomic mass is 35.5. The summed E-state index contributed by atoms with van der Waals surface area (Å²) in [7, 11) is 3.20. The number of piperidine rings is 1. The number of halogens is 2. The normalized spacial score (nSPS) is 17.8. The van der Waals surface area contributed by atoms with Crippen molar-refractivity contribution in [2.75, 3.05) is 40.5 Å². The zero-order valence-electron chi connectivity index (χ0n) is 24.8. The second kappa shape index (κ2) is 14.9. The Morgan fingerprint density at radius 3 is 2.30 bits per heavy atom. The Hall–Kier alpha value is -3.66. The van der Waals surface area contributed by atoms with Gasteiger partial charge in [0.15, 0.2) is 17.2 Å². The lowest BCUT2D eigenvalue weighted by Crippen LogP contribution is -2.55. The standard InChI is InChI=1S/C33H37Cl2N3O6/c1-41-29-13-6-21(18-30(29)42-2)20-38(23-9-10-23)33(40)25-19-36-15-14-28(25)37-32(39)22-7-11-24(12-8-22)43-16-17-44-31-26(34)4-3-5-27(31)35/h3-8,11-13,18,23,25,28,36H,9-10,14-17,19-20H2,1-2H3,(H,37,39). The number of rotatable bonds is 13. The van der Waals surface area contributed by atoms with E-state index in [4.69, 9.17) is 42.1 Å². The van der Waals surface area contributed by atoms with Gasteiger partial charge in [0.2, 0.25) is 5.91 Å². The second-order valence-electron chi connectivity index (χ2n) is 10.8. The molecule has 2 N–H and O–H groups in total. The summed E-state index contributed by atoms with van der Waals surface area (Å²) in [6, 6.07) is 17.7. The molecular weight excluding hydrogens is 605 g/mol. The third-order valence-electron chi connectivity index (χ3n) is 7.82. The molecule has 0 bridgehead atoms. The third kappa shape index (κ3) is 7.88. The van der Waals surface area contributed by atoms with Crippen molar-refractivity contribution < 1.29 is 28.5 Å². The highest BCUT2D eigenvalue weighted by Crippen LogP contribution is 2.34. The number of amides is 2. The fourth-order valence-electron chi connectivity index (χ4n) is 5.33. The summed E-state index contributed by atoms with van der Waals surface area (Å²) in [5, 5.41) is 7.34. The highest BCUT2D eigenvalue weighted by Gasteiger charge is 2.40. The number of ether oxygens (including phenoxy) is 4. The van der Waals surface area contributed by atoms with E-state index in [1.54, 1.807) is 56.7 Å². The molecule has 3 aromatic carbocycles. The fraction of sp³-hybridized carbons (Fsp3) is 0.394. The van der Waals surface area contributed by atoms with Crippen LogP contribution in [0, 0.1) is 5.92 Å². The zero-order valence-corrected chi connectivity index (χ0v) is 26.3. The summed E-state index contributed by atoms with van der Waals surface area (Å²) in [6.07, 6.45) is 2.61. The van der Waals surface area contributed by atoms with E-state index in [2.05, 4.69) is 10.6 Å². The van der Waals surface area contributed by atoms with Crippen LogP contribution in [-0.2, 0) is 11.3 Å². The maximum absolute atomic E-state index is 13.9. The first-order valence-electron chi connectivity index (χ1n) is 14.7. The molecule has 1 aliphatic carbocycles. The van der Waals surface area contributed by atoms with Gasteiger partial charge in [-0.05, 0) is 79.9 Å².